The standard InChI is InChI=1S/C19H22FN5O3/c1-11-21-15(28-23-11)10-25-14-7-5-6-13(20)16(14)17(22-25)12-8-24(9-12)18(26)27-19(2,3)4/h5-7,12H,8-10H2,1-4H3. The van der Waals surface area contributed by atoms with Crippen molar-refractivity contribution in [3.8, 4) is 0 Å². The Bertz CT molecular complexity index is 1030. The number of rotatable bonds is 3. The maximum atomic E-state index is 14.6. The van der Waals surface area contributed by atoms with Gasteiger partial charge in [0, 0.05) is 19.0 Å². The second kappa shape index (κ2) is 6.57. The van der Waals surface area contributed by atoms with Gasteiger partial charge in [-0.25, -0.2) is 9.18 Å². The van der Waals surface area contributed by atoms with Crippen LogP contribution in [0.4, 0.5) is 9.18 Å². The van der Waals surface area contributed by atoms with Gasteiger partial charge in [0.05, 0.1) is 16.6 Å². The van der Waals surface area contributed by atoms with Crippen LogP contribution in [-0.4, -0.2) is 49.6 Å². The van der Waals surface area contributed by atoms with E-state index in [4.69, 9.17) is 9.26 Å². The number of carbonyl (C=O) groups is 1. The summed E-state index contributed by atoms with van der Waals surface area (Å²) in [6, 6.07) is 4.87. The summed E-state index contributed by atoms with van der Waals surface area (Å²) in [6.07, 6.45) is -0.366. The molecule has 4 rings (SSSR count). The summed E-state index contributed by atoms with van der Waals surface area (Å²) in [5.41, 5.74) is 0.732. The highest BCUT2D eigenvalue weighted by Gasteiger charge is 2.37. The Morgan fingerprint density at radius 1 is 1.36 bits per heavy atom. The predicted octanol–water partition coefficient (Wildman–Crippen LogP) is 3.25. The number of hydrogen-bond acceptors (Lipinski definition) is 6. The number of halogens is 1. The third-order valence-electron chi connectivity index (χ3n) is 4.53. The number of ether oxygens (including phenoxy) is 1. The highest BCUT2D eigenvalue weighted by molar-refractivity contribution is 5.84. The van der Waals surface area contributed by atoms with Crippen molar-refractivity contribution in [2.45, 2.75) is 45.8 Å². The molecule has 3 aromatic rings. The number of likely N-dealkylation sites (tertiary alicyclic amines) is 1. The topological polar surface area (TPSA) is 86.3 Å². The van der Waals surface area contributed by atoms with Gasteiger partial charge in [-0.3, -0.25) is 4.68 Å². The molecule has 0 N–H and O–H groups in total. The van der Waals surface area contributed by atoms with Gasteiger partial charge >= 0.3 is 6.09 Å². The summed E-state index contributed by atoms with van der Waals surface area (Å²) in [4.78, 5) is 18.0. The lowest BCUT2D eigenvalue weighted by Crippen LogP contribution is -2.50. The SMILES string of the molecule is Cc1noc(Cn2nc(C3CN(C(=O)OC(C)(C)C)C3)c3c(F)cccc32)n1. The lowest BCUT2D eigenvalue weighted by atomic mass is 9.94. The molecular formula is C19H22FN5O3. The number of benzene rings is 1. The zero-order valence-corrected chi connectivity index (χ0v) is 16.3. The normalized spacial score (nSPS) is 15.1. The summed E-state index contributed by atoms with van der Waals surface area (Å²) in [7, 11) is 0. The summed E-state index contributed by atoms with van der Waals surface area (Å²) < 4.78 is 26.8. The highest BCUT2D eigenvalue weighted by atomic mass is 19.1. The minimum Gasteiger partial charge on any atom is -0.444 e. The molecule has 28 heavy (non-hydrogen) atoms. The molecule has 148 valence electrons. The maximum Gasteiger partial charge on any atom is 0.410 e. The molecule has 1 fully saturated rings. The van der Waals surface area contributed by atoms with Crippen LogP contribution in [-0.2, 0) is 11.3 Å². The monoisotopic (exact) mass is 387 g/mol. The van der Waals surface area contributed by atoms with Gasteiger partial charge in [-0.2, -0.15) is 10.1 Å². The minimum absolute atomic E-state index is 0.0578. The average molecular weight is 387 g/mol. The van der Waals surface area contributed by atoms with Crippen molar-refractivity contribution < 1.29 is 18.4 Å². The number of carbonyl (C=O) groups excluding carboxylic acids is 1. The van der Waals surface area contributed by atoms with E-state index in [1.807, 2.05) is 26.8 Å². The smallest absolute Gasteiger partial charge is 0.410 e. The van der Waals surface area contributed by atoms with Crippen LogP contribution in [0.1, 0.15) is 44.1 Å². The minimum atomic E-state index is -0.551. The molecule has 1 aliphatic rings. The van der Waals surface area contributed by atoms with Gasteiger partial charge in [-0.05, 0) is 39.8 Å². The van der Waals surface area contributed by atoms with E-state index in [0.29, 0.717) is 41.4 Å². The average Bonchev–Trinajstić information content (AvgIpc) is 3.10. The molecule has 0 radical (unpaired) electrons. The fraction of sp³-hybridized carbons (Fsp3) is 0.474. The van der Waals surface area contributed by atoms with E-state index in [9.17, 15) is 9.18 Å². The van der Waals surface area contributed by atoms with Crippen molar-refractivity contribution in [2.75, 3.05) is 13.1 Å². The molecule has 1 amide bonds. The second-order valence-corrected chi connectivity index (χ2v) is 7.99. The molecule has 8 nitrogen and oxygen atoms in total. The number of nitrogens with zero attached hydrogens (tertiary/aromatic N) is 5. The van der Waals surface area contributed by atoms with E-state index in [1.54, 1.807) is 22.6 Å². The lowest BCUT2D eigenvalue weighted by Gasteiger charge is -2.39. The quantitative estimate of drug-likeness (QED) is 0.686. The first-order valence-corrected chi connectivity index (χ1v) is 9.13. The molecular weight excluding hydrogens is 365 g/mol. The van der Waals surface area contributed by atoms with Crippen LogP contribution in [0, 0.1) is 12.7 Å². The van der Waals surface area contributed by atoms with Crippen LogP contribution in [0.5, 0.6) is 0 Å². The summed E-state index contributed by atoms with van der Waals surface area (Å²) in [5, 5.41) is 8.86. The van der Waals surface area contributed by atoms with E-state index in [-0.39, 0.29) is 24.4 Å². The van der Waals surface area contributed by atoms with Gasteiger partial charge < -0.3 is 14.2 Å². The summed E-state index contributed by atoms with van der Waals surface area (Å²) >= 11 is 0. The molecule has 0 saturated carbocycles. The number of aryl methyl sites for hydroxylation is 1. The maximum absolute atomic E-state index is 14.6. The van der Waals surface area contributed by atoms with E-state index < -0.39 is 5.60 Å². The summed E-state index contributed by atoms with van der Waals surface area (Å²) in [5.74, 6) is 0.542. The Balaban J connectivity index is 1.59. The van der Waals surface area contributed by atoms with Gasteiger partial charge in [0.25, 0.3) is 0 Å². The number of amides is 1. The zero-order chi connectivity index (χ0) is 20.1. The first-order chi connectivity index (χ1) is 13.2. The van der Waals surface area contributed by atoms with Gasteiger partial charge in [0.2, 0.25) is 5.89 Å². The van der Waals surface area contributed by atoms with Crippen LogP contribution < -0.4 is 0 Å². The number of hydrogen-bond donors (Lipinski definition) is 0. The molecule has 0 atom stereocenters. The molecule has 0 bridgehead atoms. The first kappa shape index (κ1) is 18.4. The Morgan fingerprint density at radius 2 is 2.11 bits per heavy atom. The molecule has 2 aromatic heterocycles. The van der Waals surface area contributed by atoms with Crippen LogP contribution in [0.25, 0.3) is 10.9 Å². The molecule has 0 unspecified atom stereocenters. The van der Waals surface area contributed by atoms with E-state index >= 15 is 0 Å². The molecule has 3 heterocycles. The van der Waals surface area contributed by atoms with E-state index in [0.717, 1.165) is 0 Å². The second-order valence-electron chi connectivity index (χ2n) is 7.99. The van der Waals surface area contributed by atoms with E-state index in [2.05, 4.69) is 15.2 Å². The van der Waals surface area contributed by atoms with Crippen molar-refractivity contribution in [3.05, 3.63) is 41.4 Å². The van der Waals surface area contributed by atoms with Crippen molar-refractivity contribution in [2.24, 2.45) is 0 Å². The van der Waals surface area contributed by atoms with Gasteiger partial charge in [-0.15, -0.1) is 0 Å². The first-order valence-electron chi connectivity index (χ1n) is 9.13. The van der Waals surface area contributed by atoms with Gasteiger partial charge in [0.1, 0.15) is 18.0 Å². The third kappa shape index (κ3) is 3.44. The van der Waals surface area contributed by atoms with Crippen molar-refractivity contribution in [3.63, 3.8) is 0 Å². The molecule has 0 aliphatic carbocycles. The molecule has 1 aliphatic heterocycles. The Kier molecular flexibility index (Phi) is 4.32. The molecule has 9 heteroatoms. The van der Waals surface area contributed by atoms with Crippen LogP contribution in [0.15, 0.2) is 22.7 Å². The number of aromatic nitrogens is 4. The Labute approximate surface area is 161 Å². The van der Waals surface area contributed by atoms with Crippen molar-refractivity contribution in [1.82, 2.24) is 24.8 Å². The molecule has 1 aromatic carbocycles. The Morgan fingerprint density at radius 3 is 2.75 bits per heavy atom. The number of fused-ring (bicyclic) bond motifs is 1. The zero-order valence-electron chi connectivity index (χ0n) is 16.3. The highest BCUT2D eigenvalue weighted by Crippen LogP contribution is 2.34. The molecule has 1 saturated heterocycles. The molecule has 0 spiro atoms. The largest absolute Gasteiger partial charge is 0.444 e. The predicted molar refractivity (Wildman–Crippen MR) is 98.4 cm³/mol. The van der Waals surface area contributed by atoms with Gasteiger partial charge in [-0.1, -0.05) is 11.2 Å². The van der Waals surface area contributed by atoms with Crippen LogP contribution in [0.2, 0.25) is 0 Å². The van der Waals surface area contributed by atoms with E-state index in [1.165, 1.54) is 6.07 Å². The van der Waals surface area contributed by atoms with Crippen molar-refractivity contribution >= 4 is 17.0 Å². The van der Waals surface area contributed by atoms with Crippen LogP contribution >= 0.6 is 0 Å². The Hall–Kier alpha value is -2.97. The lowest BCUT2D eigenvalue weighted by molar-refractivity contribution is 0.00792. The van der Waals surface area contributed by atoms with Gasteiger partial charge in [0.15, 0.2) is 5.82 Å². The summed E-state index contributed by atoms with van der Waals surface area (Å²) in [6.45, 7) is 8.34. The third-order valence-corrected chi connectivity index (χ3v) is 4.53. The van der Waals surface area contributed by atoms with Crippen molar-refractivity contribution in [1.29, 1.82) is 0 Å². The fourth-order valence-electron chi connectivity index (χ4n) is 3.28. The fourth-order valence-corrected chi connectivity index (χ4v) is 3.28. The van der Waals surface area contributed by atoms with Crippen LogP contribution in [0.3, 0.4) is 0 Å².